The van der Waals surface area contributed by atoms with Gasteiger partial charge in [0, 0.05) is 43.0 Å². The van der Waals surface area contributed by atoms with Crippen molar-refractivity contribution in [3.05, 3.63) is 89.5 Å². The van der Waals surface area contributed by atoms with Crippen LogP contribution in [0.2, 0.25) is 0 Å². The minimum atomic E-state index is -0.689. The van der Waals surface area contributed by atoms with Crippen molar-refractivity contribution in [3.63, 3.8) is 0 Å². The zero-order valence-electron chi connectivity index (χ0n) is 18.4. The van der Waals surface area contributed by atoms with E-state index in [-0.39, 0.29) is 24.2 Å². The Morgan fingerprint density at radius 2 is 1.79 bits per heavy atom. The molecule has 0 spiro atoms. The van der Waals surface area contributed by atoms with Crippen LogP contribution in [0.25, 0.3) is 33.4 Å². The van der Waals surface area contributed by atoms with Crippen molar-refractivity contribution >= 4 is 11.0 Å². The standard InChI is InChI=1S/C25H21FN6O2/c1-31-15-20(17-8-12-27-13-9-17)23(30-31)18-4-6-19(7-5-18)34-16-22-29-21-3-2-11-28-24(21)25(33)32(22)14-10-26/h2-9,11-13,15H,10,14,16H2,1H3/i26-1. The quantitative estimate of drug-likeness (QED) is 0.371. The summed E-state index contributed by atoms with van der Waals surface area (Å²) >= 11 is 0. The SMILES string of the molecule is Cn1cc(-c2ccncc2)c(-c2ccc(OCc3nc4cccnc4c(=O)n3CC[18F])cc2)n1. The fourth-order valence-corrected chi connectivity index (χ4v) is 3.82. The number of hydrogen-bond donors (Lipinski definition) is 0. The number of nitrogens with zero attached hydrogens (tertiary/aromatic N) is 6. The molecule has 0 saturated carbocycles. The van der Waals surface area contributed by atoms with E-state index in [9.17, 15) is 9.18 Å². The van der Waals surface area contributed by atoms with E-state index in [2.05, 4.69) is 20.1 Å². The molecule has 4 aromatic heterocycles. The molecule has 0 fully saturated rings. The number of fused-ring (bicyclic) bond motifs is 1. The molecule has 1 aromatic carbocycles. The Morgan fingerprint density at radius 1 is 1.00 bits per heavy atom. The maximum atomic E-state index is 13.1. The fourth-order valence-electron chi connectivity index (χ4n) is 3.82. The van der Waals surface area contributed by atoms with Crippen LogP contribution in [-0.4, -0.2) is 36.0 Å². The number of rotatable bonds is 7. The summed E-state index contributed by atoms with van der Waals surface area (Å²) in [5.74, 6) is 0.939. The maximum Gasteiger partial charge on any atom is 0.280 e. The first-order valence-electron chi connectivity index (χ1n) is 10.7. The summed E-state index contributed by atoms with van der Waals surface area (Å²) in [6.45, 7) is -0.774. The summed E-state index contributed by atoms with van der Waals surface area (Å²) < 4.78 is 22.1. The molecule has 0 aliphatic rings. The molecule has 0 unspecified atom stereocenters. The van der Waals surface area contributed by atoms with Gasteiger partial charge in [-0.1, -0.05) is 0 Å². The van der Waals surface area contributed by atoms with Gasteiger partial charge in [-0.05, 0) is 54.1 Å². The molecular weight excluding hydrogens is 434 g/mol. The lowest BCUT2D eigenvalue weighted by Gasteiger charge is -2.13. The van der Waals surface area contributed by atoms with Gasteiger partial charge in [0.05, 0.1) is 12.1 Å². The second kappa shape index (κ2) is 9.22. The van der Waals surface area contributed by atoms with E-state index < -0.39 is 6.67 Å². The molecule has 170 valence electrons. The van der Waals surface area contributed by atoms with Gasteiger partial charge in [0.15, 0.2) is 11.3 Å². The van der Waals surface area contributed by atoms with Crippen molar-refractivity contribution in [2.45, 2.75) is 13.2 Å². The molecule has 0 atom stereocenters. The average molecular weight is 455 g/mol. The van der Waals surface area contributed by atoms with Gasteiger partial charge in [0.25, 0.3) is 5.56 Å². The Hall–Kier alpha value is -4.40. The lowest BCUT2D eigenvalue weighted by Crippen LogP contribution is -2.27. The minimum absolute atomic E-state index is 0.0191. The Labute approximate surface area is 194 Å². The predicted octanol–water partition coefficient (Wildman–Crippen LogP) is 3.80. The van der Waals surface area contributed by atoms with Gasteiger partial charge in [-0.2, -0.15) is 5.10 Å². The van der Waals surface area contributed by atoms with Crippen LogP contribution in [0.1, 0.15) is 5.82 Å². The molecule has 0 saturated heterocycles. The monoisotopic (exact) mass is 455 g/mol. The van der Waals surface area contributed by atoms with E-state index in [1.54, 1.807) is 29.2 Å². The van der Waals surface area contributed by atoms with Crippen molar-refractivity contribution in [1.82, 2.24) is 29.3 Å². The smallest absolute Gasteiger partial charge is 0.280 e. The maximum absolute atomic E-state index is 13.1. The third-order valence-electron chi connectivity index (χ3n) is 5.42. The first kappa shape index (κ1) is 21.4. The lowest BCUT2D eigenvalue weighted by atomic mass is 10.0. The van der Waals surface area contributed by atoms with Crippen molar-refractivity contribution in [2.24, 2.45) is 7.05 Å². The van der Waals surface area contributed by atoms with Gasteiger partial charge < -0.3 is 4.74 Å². The highest BCUT2D eigenvalue weighted by Crippen LogP contribution is 2.31. The van der Waals surface area contributed by atoms with Crippen LogP contribution in [0, 0.1) is 0 Å². The van der Waals surface area contributed by atoms with E-state index in [1.165, 1.54) is 10.8 Å². The summed E-state index contributed by atoms with van der Waals surface area (Å²) in [4.78, 5) is 25.4. The number of hydrogen-bond acceptors (Lipinski definition) is 6. The normalized spacial score (nSPS) is 11.1. The van der Waals surface area contributed by atoms with Gasteiger partial charge in [-0.3, -0.25) is 19.0 Å². The Kier molecular flexibility index (Phi) is 5.82. The molecule has 5 aromatic rings. The number of aryl methyl sites for hydroxylation is 1. The zero-order chi connectivity index (χ0) is 23.5. The molecule has 0 radical (unpaired) electrons. The molecule has 5 rings (SSSR count). The summed E-state index contributed by atoms with van der Waals surface area (Å²) in [6, 6.07) is 14.8. The van der Waals surface area contributed by atoms with Crippen LogP contribution in [0.15, 0.2) is 78.1 Å². The molecule has 0 bridgehead atoms. The van der Waals surface area contributed by atoms with Gasteiger partial charge in [0.1, 0.15) is 24.7 Å². The molecule has 0 N–H and O–H groups in total. The van der Waals surface area contributed by atoms with Gasteiger partial charge in [-0.25, -0.2) is 14.4 Å². The van der Waals surface area contributed by atoms with E-state index >= 15 is 0 Å². The molecule has 34 heavy (non-hydrogen) atoms. The lowest BCUT2D eigenvalue weighted by molar-refractivity contribution is 0.283. The van der Waals surface area contributed by atoms with Crippen molar-refractivity contribution in [2.75, 3.05) is 6.67 Å². The fraction of sp³-hybridized carbons (Fsp3) is 0.160. The van der Waals surface area contributed by atoms with Crippen molar-refractivity contribution in [1.29, 1.82) is 0 Å². The van der Waals surface area contributed by atoms with Crippen LogP contribution in [0.4, 0.5) is 4.39 Å². The van der Waals surface area contributed by atoms with Crippen LogP contribution in [-0.2, 0) is 20.2 Å². The van der Waals surface area contributed by atoms with Gasteiger partial charge >= 0.3 is 0 Å². The summed E-state index contributed by atoms with van der Waals surface area (Å²) in [5, 5.41) is 4.62. The number of alkyl halides is 1. The third kappa shape index (κ3) is 4.15. The molecule has 0 aliphatic carbocycles. The van der Waals surface area contributed by atoms with E-state index in [4.69, 9.17) is 4.74 Å². The van der Waals surface area contributed by atoms with Crippen LogP contribution < -0.4 is 10.3 Å². The summed E-state index contributed by atoms with van der Waals surface area (Å²) in [6.07, 6.45) is 7.00. The number of halogens is 1. The number of benzene rings is 1. The summed E-state index contributed by atoms with van der Waals surface area (Å²) in [5.41, 5.74) is 4.10. The second-order valence-corrected chi connectivity index (χ2v) is 7.66. The third-order valence-corrected chi connectivity index (χ3v) is 5.42. The minimum Gasteiger partial charge on any atom is -0.486 e. The molecule has 4 heterocycles. The van der Waals surface area contributed by atoms with Gasteiger partial charge in [0.2, 0.25) is 0 Å². The first-order chi connectivity index (χ1) is 16.6. The Bertz CT molecular complexity index is 1500. The van der Waals surface area contributed by atoms with Crippen molar-refractivity contribution in [3.8, 4) is 28.1 Å². The van der Waals surface area contributed by atoms with Crippen molar-refractivity contribution < 1.29 is 9.13 Å². The van der Waals surface area contributed by atoms with E-state index in [1.807, 2.05) is 49.6 Å². The molecule has 0 amide bonds. The Balaban J connectivity index is 1.40. The number of aromatic nitrogens is 6. The van der Waals surface area contributed by atoms with Crippen LogP contribution in [0.3, 0.4) is 0 Å². The first-order valence-corrected chi connectivity index (χ1v) is 10.7. The van der Waals surface area contributed by atoms with E-state index in [0.717, 1.165) is 22.4 Å². The molecule has 0 aliphatic heterocycles. The molecule has 8 nitrogen and oxygen atoms in total. The number of pyridine rings is 2. The predicted molar refractivity (Wildman–Crippen MR) is 126 cm³/mol. The molecular formula is C25H21FN6O2. The van der Waals surface area contributed by atoms with Gasteiger partial charge in [-0.15, -0.1) is 0 Å². The average Bonchev–Trinajstić information content (AvgIpc) is 3.27. The highest BCUT2D eigenvalue weighted by molar-refractivity contribution is 5.80. The largest absolute Gasteiger partial charge is 0.486 e. The number of ether oxygens (including phenoxy) is 1. The highest BCUT2D eigenvalue weighted by atomic mass is 18.2. The van der Waals surface area contributed by atoms with Crippen LogP contribution >= 0.6 is 0 Å². The topological polar surface area (TPSA) is 87.7 Å². The Morgan fingerprint density at radius 3 is 2.56 bits per heavy atom. The summed E-state index contributed by atoms with van der Waals surface area (Å²) in [7, 11) is 1.88. The second-order valence-electron chi connectivity index (χ2n) is 7.66. The highest BCUT2D eigenvalue weighted by Gasteiger charge is 2.14. The zero-order valence-corrected chi connectivity index (χ0v) is 18.4. The van der Waals surface area contributed by atoms with Crippen LogP contribution in [0.5, 0.6) is 5.75 Å². The molecule has 9 heteroatoms. The van der Waals surface area contributed by atoms with E-state index in [0.29, 0.717) is 17.1 Å².